The molecule has 2 N–H and O–H groups in total. The molecule has 0 fully saturated rings. The Morgan fingerprint density at radius 1 is 1.07 bits per heavy atom. The Bertz CT molecular complexity index is 230. The molecule has 1 rings (SSSR count). The fourth-order valence-corrected chi connectivity index (χ4v) is 0.637. The lowest BCUT2D eigenvalue weighted by molar-refractivity contribution is -0.220. The molecule has 0 aromatic heterocycles. The van der Waals surface area contributed by atoms with E-state index in [2.05, 4.69) is 4.74 Å². The molecule has 0 amide bonds. The fourth-order valence-electron chi connectivity index (χ4n) is 0.637. The average molecular weight is 220 g/mol. The molecule has 0 radical (unpaired) electrons. The molecule has 0 atom stereocenters. The Balaban J connectivity index is 0. The summed E-state index contributed by atoms with van der Waals surface area (Å²) < 4.78 is 26.5. The first-order chi connectivity index (χ1) is 6.42. The maximum Gasteiger partial charge on any atom is 0.396 e. The topological polar surface area (TPSA) is 57.8 Å². The summed E-state index contributed by atoms with van der Waals surface area (Å²) in [5, 5.41) is 0. The zero-order valence-electron chi connectivity index (χ0n) is 8.54. The Hall–Kier alpha value is -1.49. The maximum atomic E-state index is 11.5. The van der Waals surface area contributed by atoms with Gasteiger partial charge in [-0.3, -0.25) is 4.79 Å². The summed E-state index contributed by atoms with van der Waals surface area (Å²) in [7, 11) is 0. The predicted octanol–water partition coefficient (Wildman–Crippen LogP) is 2.02. The van der Waals surface area contributed by atoms with Crippen molar-refractivity contribution >= 4 is 5.97 Å². The number of esters is 1. The van der Waals surface area contributed by atoms with Crippen LogP contribution in [0.1, 0.15) is 13.8 Å². The van der Waals surface area contributed by atoms with Gasteiger partial charge in [-0.2, -0.15) is 8.78 Å². The number of rotatable bonds is 1. The predicted molar refractivity (Wildman–Crippen MR) is 52.4 cm³/mol. The minimum atomic E-state index is -3.33. The smallest absolute Gasteiger partial charge is 0.396 e. The van der Waals surface area contributed by atoms with Crippen molar-refractivity contribution in [3.05, 3.63) is 36.4 Å². The highest BCUT2D eigenvalue weighted by Crippen LogP contribution is 2.12. The first-order valence-corrected chi connectivity index (χ1v) is 3.99. The number of carbonyl (C=O) groups is 1. The molecule has 15 heavy (non-hydrogen) atoms. The van der Waals surface area contributed by atoms with Gasteiger partial charge in [0.25, 0.3) is 0 Å². The quantitative estimate of drug-likeness (QED) is 0.680. The van der Waals surface area contributed by atoms with Gasteiger partial charge in [-0.1, -0.05) is 36.4 Å². The van der Waals surface area contributed by atoms with Crippen LogP contribution in [0.3, 0.4) is 0 Å². The van der Waals surface area contributed by atoms with E-state index in [1.807, 2.05) is 36.4 Å². The third kappa shape index (κ3) is 15.3. The van der Waals surface area contributed by atoms with Crippen LogP contribution >= 0.6 is 0 Å². The number of alkyl halides is 2. The van der Waals surface area contributed by atoms with E-state index in [1.165, 1.54) is 0 Å². The number of carbonyl (C=O) groups excluding carboxylic acids is 1. The SMILES string of the molecule is CC(=O)OC(C)(F)F.O.c1ccccc1. The summed E-state index contributed by atoms with van der Waals surface area (Å²) in [6.45, 7) is 1.44. The average Bonchev–Trinajstić information content (AvgIpc) is 2.03. The van der Waals surface area contributed by atoms with E-state index in [-0.39, 0.29) is 5.48 Å². The van der Waals surface area contributed by atoms with Gasteiger partial charge in [0.05, 0.1) is 0 Å². The standard InChI is InChI=1S/C6H6.C4H6F2O2.H2O/c1-2-4-6-5-3-1;1-3(7)8-4(2,5)6;/h1-6H;1-2H3;1H2. The molecule has 1 aromatic rings. The summed E-state index contributed by atoms with van der Waals surface area (Å²) in [5.74, 6) is -0.975. The van der Waals surface area contributed by atoms with Crippen molar-refractivity contribution in [3.8, 4) is 0 Å². The molecule has 0 aliphatic carbocycles. The molecule has 86 valence electrons. The lowest BCUT2D eigenvalue weighted by atomic mass is 10.4. The monoisotopic (exact) mass is 220 g/mol. The highest BCUT2D eigenvalue weighted by molar-refractivity contribution is 5.66. The molecule has 1 aromatic carbocycles. The van der Waals surface area contributed by atoms with Gasteiger partial charge in [0, 0.05) is 13.8 Å². The van der Waals surface area contributed by atoms with Crippen LogP contribution in [0.15, 0.2) is 36.4 Å². The Morgan fingerprint density at radius 3 is 1.40 bits per heavy atom. The summed E-state index contributed by atoms with van der Waals surface area (Å²) in [4.78, 5) is 9.76. The maximum absolute atomic E-state index is 11.5. The third-order valence-electron chi connectivity index (χ3n) is 0.990. The molecular weight excluding hydrogens is 206 g/mol. The lowest BCUT2D eigenvalue weighted by Crippen LogP contribution is -2.18. The van der Waals surface area contributed by atoms with Gasteiger partial charge in [-0.15, -0.1) is 0 Å². The molecule has 0 heterocycles. The van der Waals surface area contributed by atoms with Gasteiger partial charge in [0.15, 0.2) is 0 Å². The van der Waals surface area contributed by atoms with Crippen molar-refractivity contribution in [2.45, 2.75) is 20.0 Å². The molecule has 0 aliphatic heterocycles. The highest BCUT2D eigenvalue weighted by Gasteiger charge is 2.23. The summed E-state index contributed by atoms with van der Waals surface area (Å²) in [6, 6.07) is 12.0. The molecule has 0 saturated carbocycles. The van der Waals surface area contributed by atoms with Gasteiger partial charge in [0.1, 0.15) is 0 Å². The van der Waals surface area contributed by atoms with Gasteiger partial charge in [-0.05, 0) is 0 Å². The molecule has 0 aliphatic rings. The highest BCUT2D eigenvalue weighted by atomic mass is 19.3. The van der Waals surface area contributed by atoms with Crippen LogP contribution in [-0.2, 0) is 9.53 Å². The second kappa shape index (κ2) is 7.87. The van der Waals surface area contributed by atoms with E-state index in [9.17, 15) is 13.6 Å². The van der Waals surface area contributed by atoms with Crippen molar-refractivity contribution in [1.29, 1.82) is 0 Å². The fraction of sp³-hybridized carbons (Fsp3) is 0.300. The molecule has 5 heteroatoms. The normalized spacial score (nSPS) is 9.07. The zero-order valence-corrected chi connectivity index (χ0v) is 8.54. The molecule has 3 nitrogen and oxygen atoms in total. The molecule has 0 saturated heterocycles. The van der Waals surface area contributed by atoms with Crippen molar-refractivity contribution < 1.29 is 23.8 Å². The summed E-state index contributed by atoms with van der Waals surface area (Å²) >= 11 is 0. The third-order valence-corrected chi connectivity index (χ3v) is 0.990. The first-order valence-electron chi connectivity index (χ1n) is 3.99. The Kier molecular flexibility index (Phi) is 8.38. The molecule has 0 bridgehead atoms. The molecule has 0 spiro atoms. The molecule has 0 unspecified atom stereocenters. The summed E-state index contributed by atoms with van der Waals surface area (Å²) in [6.07, 6.45) is -3.33. The van der Waals surface area contributed by atoms with E-state index in [0.717, 1.165) is 6.92 Å². The van der Waals surface area contributed by atoms with Crippen LogP contribution in [0.4, 0.5) is 8.78 Å². The number of benzene rings is 1. The summed E-state index contributed by atoms with van der Waals surface area (Å²) in [5.41, 5.74) is 0. The first kappa shape index (κ1) is 16.0. The van der Waals surface area contributed by atoms with E-state index in [1.54, 1.807) is 0 Å². The van der Waals surface area contributed by atoms with Crippen LogP contribution in [-0.4, -0.2) is 17.6 Å². The second-order valence-corrected chi connectivity index (χ2v) is 2.56. The van der Waals surface area contributed by atoms with Crippen LogP contribution in [0.5, 0.6) is 0 Å². The number of hydrogen-bond acceptors (Lipinski definition) is 2. The van der Waals surface area contributed by atoms with E-state index >= 15 is 0 Å². The number of ether oxygens (including phenoxy) is 1. The van der Waals surface area contributed by atoms with E-state index in [0.29, 0.717) is 6.92 Å². The van der Waals surface area contributed by atoms with Crippen molar-refractivity contribution in [3.63, 3.8) is 0 Å². The number of hydrogen-bond donors (Lipinski definition) is 0. The lowest BCUT2D eigenvalue weighted by Gasteiger charge is -2.07. The van der Waals surface area contributed by atoms with Gasteiger partial charge in [-0.25, -0.2) is 0 Å². The van der Waals surface area contributed by atoms with Gasteiger partial charge >= 0.3 is 12.1 Å². The minimum Gasteiger partial charge on any atom is -0.412 e. The Morgan fingerprint density at radius 2 is 1.33 bits per heavy atom. The van der Waals surface area contributed by atoms with Crippen LogP contribution in [0, 0.1) is 0 Å². The van der Waals surface area contributed by atoms with Crippen LogP contribution in [0.25, 0.3) is 0 Å². The number of halogens is 2. The Labute approximate surface area is 87.0 Å². The second-order valence-electron chi connectivity index (χ2n) is 2.56. The zero-order chi connectivity index (χ0) is 11.0. The van der Waals surface area contributed by atoms with Crippen molar-refractivity contribution in [2.75, 3.05) is 0 Å². The van der Waals surface area contributed by atoms with E-state index in [4.69, 9.17) is 0 Å². The minimum absolute atomic E-state index is 0. The largest absolute Gasteiger partial charge is 0.412 e. The molecular formula is C10H14F2O3. The van der Waals surface area contributed by atoms with Crippen LogP contribution < -0.4 is 0 Å². The van der Waals surface area contributed by atoms with E-state index < -0.39 is 12.1 Å². The van der Waals surface area contributed by atoms with Crippen molar-refractivity contribution in [2.24, 2.45) is 0 Å². The van der Waals surface area contributed by atoms with Crippen LogP contribution in [0.2, 0.25) is 0 Å². The van der Waals surface area contributed by atoms with Gasteiger partial charge in [0.2, 0.25) is 0 Å². The van der Waals surface area contributed by atoms with Gasteiger partial charge < -0.3 is 10.2 Å². The van der Waals surface area contributed by atoms with Crippen molar-refractivity contribution in [1.82, 2.24) is 0 Å².